The van der Waals surface area contributed by atoms with Crippen LogP contribution in [0.25, 0.3) is 0 Å². The molecule has 2 saturated carbocycles. The van der Waals surface area contributed by atoms with E-state index in [4.69, 9.17) is 9.47 Å². The van der Waals surface area contributed by atoms with Crippen molar-refractivity contribution in [3.63, 3.8) is 0 Å². The maximum atomic E-state index is 12.2. The first-order valence-corrected chi connectivity index (χ1v) is 13.7. The summed E-state index contributed by atoms with van der Waals surface area (Å²) in [5.74, 6) is 1.30. The van der Waals surface area contributed by atoms with Crippen molar-refractivity contribution in [2.45, 2.75) is 83.1 Å². The van der Waals surface area contributed by atoms with Crippen molar-refractivity contribution < 1.29 is 19.1 Å². The van der Waals surface area contributed by atoms with Gasteiger partial charge in [0.2, 0.25) is 0 Å². The summed E-state index contributed by atoms with van der Waals surface area (Å²) in [7, 11) is 0. The number of benzene rings is 2. The highest BCUT2D eigenvalue weighted by atomic mass is 16.6. The average molecular weight is 537 g/mol. The highest BCUT2D eigenvalue weighted by molar-refractivity contribution is 5.68. The Morgan fingerprint density at radius 3 is 1.41 bits per heavy atom. The molecule has 0 bridgehead atoms. The van der Waals surface area contributed by atoms with Gasteiger partial charge in [-0.3, -0.25) is 0 Å². The molecule has 0 spiro atoms. The minimum absolute atomic E-state index is 0.0178. The minimum atomic E-state index is -0.465. The van der Waals surface area contributed by atoms with Crippen molar-refractivity contribution in [1.29, 1.82) is 0 Å². The van der Waals surface area contributed by atoms with Crippen LogP contribution < -0.4 is 10.6 Å². The molecule has 2 aromatic carbocycles. The summed E-state index contributed by atoms with van der Waals surface area (Å²) in [6, 6.07) is 13.8. The van der Waals surface area contributed by atoms with Gasteiger partial charge >= 0.3 is 12.2 Å². The lowest BCUT2D eigenvalue weighted by Crippen LogP contribution is -2.39. The van der Waals surface area contributed by atoms with Crippen molar-refractivity contribution in [2.75, 3.05) is 0 Å². The number of alkyl carbamates (subject to hydrolysis) is 2. The van der Waals surface area contributed by atoms with Crippen molar-refractivity contribution in [2.24, 2.45) is 22.2 Å². The van der Waals surface area contributed by atoms with Crippen molar-refractivity contribution in [3.8, 4) is 0 Å². The zero-order valence-electron chi connectivity index (χ0n) is 22.1. The first kappa shape index (κ1) is 28.2. The van der Waals surface area contributed by atoms with E-state index >= 15 is 0 Å². The Morgan fingerprint density at radius 1 is 0.641 bits per heavy atom. The van der Waals surface area contributed by atoms with Crippen LogP contribution in [0.3, 0.4) is 0 Å². The molecule has 4 rings (SSSR count). The number of ether oxygens (including phenoxy) is 2. The van der Waals surface area contributed by atoms with Crippen LogP contribution in [0.2, 0.25) is 0 Å². The van der Waals surface area contributed by atoms with E-state index in [1.807, 2.05) is 0 Å². The highest BCUT2D eigenvalue weighted by Gasteiger charge is 2.28. The van der Waals surface area contributed by atoms with Gasteiger partial charge in [-0.25, -0.2) is 9.59 Å². The number of hydrogen-bond donors (Lipinski definition) is 2. The van der Waals surface area contributed by atoms with Crippen molar-refractivity contribution in [3.05, 3.63) is 69.5 Å². The van der Waals surface area contributed by atoms with Gasteiger partial charge in [0.25, 0.3) is 0 Å². The molecule has 0 saturated heterocycles. The van der Waals surface area contributed by atoms with Crippen LogP contribution in [0.15, 0.2) is 58.9 Å². The van der Waals surface area contributed by atoms with Gasteiger partial charge in [-0.2, -0.15) is 0 Å². The summed E-state index contributed by atoms with van der Waals surface area (Å²) < 4.78 is 10.6. The number of nitrogens with zero attached hydrogens (tertiary/aromatic N) is 2. The quantitative estimate of drug-likeness (QED) is 0.310. The smallest absolute Gasteiger partial charge is 0.407 e. The first-order valence-electron chi connectivity index (χ1n) is 13.7. The van der Waals surface area contributed by atoms with Crippen LogP contribution in [-0.2, 0) is 22.7 Å². The molecule has 2 N–H and O–H groups in total. The number of amides is 2. The predicted octanol–water partition coefficient (Wildman–Crippen LogP) is 7.14. The van der Waals surface area contributed by atoms with Gasteiger partial charge in [-0.05, 0) is 92.1 Å². The van der Waals surface area contributed by atoms with E-state index in [0.717, 1.165) is 51.4 Å². The summed E-state index contributed by atoms with van der Waals surface area (Å²) in [4.78, 5) is 46.2. The molecule has 2 fully saturated rings. The van der Waals surface area contributed by atoms with Crippen LogP contribution in [0.5, 0.6) is 0 Å². The second-order valence-corrected chi connectivity index (χ2v) is 10.6. The van der Waals surface area contributed by atoms with E-state index in [1.54, 1.807) is 48.5 Å². The standard InChI is InChI=1S/C29H36N4O6/c34-28(38-18-22-5-1-3-7-26(22)32-36)30-24-13-9-20(10-14-24)17-21-11-15-25(16-12-21)31-29(35)39-19-23-6-2-4-8-27(23)33-37/h1-8,20-21,24-25H,9-19H2,(H,30,34)(H,31,35). The Balaban J connectivity index is 1.08. The normalized spacial score (nSPS) is 22.8. The summed E-state index contributed by atoms with van der Waals surface area (Å²) in [6.45, 7) is 0.0356. The topological polar surface area (TPSA) is 136 Å². The maximum Gasteiger partial charge on any atom is 0.407 e. The molecule has 0 aliphatic heterocycles. The first-order chi connectivity index (χ1) is 19.0. The van der Waals surface area contributed by atoms with Gasteiger partial charge in [0.05, 0.1) is 0 Å². The van der Waals surface area contributed by atoms with Crippen LogP contribution in [0, 0.1) is 21.6 Å². The SMILES string of the molecule is O=Nc1ccccc1COC(=O)NC1CCC(CC2CCC(NC(=O)OCc3ccccc3N=O)CC2)CC1. The Morgan fingerprint density at radius 2 is 1.03 bits per heavy atom. The lowest BCUT2D eigenvalue weighted by molar-refractivity contribution is 0.127. The number of carbonyl (C=O) groups excluding carboxylic acids is 2. The highest BCUT2D eigenvalue weighted by Crippen LogP contribution is 2.35. The van der Waals surface area contributed by atoms with E-state index in [1.165, 1.54) is 6.42 Å². The van der Waals surface area contributed by atoms with Gasteiger partial charge in [0.1, 0.15) is 24.6 Å². The minimum Gasteiger partial charge on any atom is -0.445 e. The lowest BCUT2D eigenvalue weighted by Gasteiger charge is -2.34. The summed E-state index contributed by atoms with van der Waals surface area (Å²) in [5.41, 5.74) is 1.74. The summed E-state index contributed by atoms with van der Waals surface area (Å²) in [6.07, 6.45) is 8.26. The molecular formula is C29H36N4O6. The second kappa shape index (κ2) is 14.4. The van der Waals surface area contributed by atoms with Gasteiger partial charge in [-0.1, -0.05) is 36.4 Å². The molecule has 2 aliphatic carbocycles. The van der Waals surface area contributed by atoms with Gasteiger partial charge in [-0.15, -0.1) is 9.81 Å². The van der Waals surface area contributed by atoms with Crippen LogP contribution in [0.1, 0.15) is 68.9 Å². The number of nitroso groups, excluding NO2 is 2. The molecule has 0 atom stereocenters. The summed E-state index contributed by atoms with van der Waals surface area (Å²) in [5, 5.41) is 11.8. The van der Waals surface area contributed by atoms with Crippen molar-refractivity contribution in [1.82, 2.24) is 10.6 Å². The second-order valence-electron chi connectivity index (χ2n) is 10.6. The Bertz CT molecular complexity index is 1040. The Kier molecular flexibility index (Phi) is 10.4. The van der Waals surface area contributed by atoms with Gasteiger partial charge < -0.3 is 20.1 Å². The third-order valence-electron chi connectivity index (χ3n) is 7.90. The molecule has 0 aromatic heterocycles. The number of nitrogens with one attached hydrogen (secondary N) is 2. The third-order valence-corrected chi connectivity index (χ3v) is 7.90. The Labute approximate surface area is 228 Å². The third kappa shape index (κ3) is 8.59. The largest absolute Gasteiger partial charge is 0.445 e. The molecule has 2 aromatic rings. The molecule has 39 heavy (non-hydrogen) atoms. The van der Waals surface area contributed by atoms with E-state index < -0.39 is 12.2 Å². The molecule has 0 unspecified atom stereocenters. The molecule has 208 valence electrons. The van der Waals surface area contributed by atoms with Crippen LogP contribution in [-0.4, -0.2) is 24.3 Å². The lowest BCUT2D eigenvalue weighted by atomic mass is 9.76. The van der Waals surface area contributed by atoms with Crippen LogP contribution >= 0.6 is 0 Å². The molecular weight excluding hydrogens is 500 g/mol. The average Bonchev–Trinajstić information content (AvgIpc) is 2.97. The fourth-order valence-corrected chi connectivity index (χ4v) is 5.70. The van der Waals surface area contributed by atoms with Gasteiger partial charge in [0.15, 0.2) is 0 Å². The van der Waals surface area contributed by atoms with Gasteiger partial charge in [0, 0.05) is 23.2 Å². The maximum absolute atomic E-state index is 12.2. The zero-order chi connectivity index (χ0) is 27.5. The molecule has 2 aliphatic rings. The van der Waals surface area contributed by atoms with E-state index in [2.05, 4.69) is 21.0 Å². The molecule has 0 heterocycles. The van der Waals surface area contributed by atoms with Crippen LogP contribution in [0.4, 0.5) is 21.0 Å². The number of hydrogen-bond acceptors (Lipinski definition) is 8. The molecule has 0 radical (unpaired) electrons. The number of carbonyl (C=O) groups is 2. The monoisotopic (exact) mass is 536 g/mol. The molecule has 10 nitrogen and oxygen atoms in total. The van der Waals surface area contributed by atoms with E-state index in [-0.39, 0.29) is 36.7 Å². The molecule has 2 amide bonds. The Hall–Kier alpha value is -3.82. The fourth-order valence-electron chi connectivity index (χ4n) is 5.70. The molecule has 10 heteroatoms. The zero-order valence-corrected chi connectivity index (χ0v) is 22.1. The summed E-state index contributed by atoms with van der Waals surface area (Å²) >= 11 is 0. The predicted molar refractivity (Wildman–Crippen MR) is 147 cm³/mol. The van der Waals surface area contributed by atoms with E-state index in [9.17, 15) is 19.4 Å². The van der Waals surface area contributed by atoms with Crippen molar-refractivity contribution >= 4 is 23.6 Å². The number of rotatable bonds is 10. The van der Waals surface area contributed by atoms with E-state index in [0.29, 0.717) is 23.0 Å². The fraction of sp³-hybridized carbons (Fsp3) is 0.517.